The molecular weight excluding hydrogens is 299 g/mol. The number of carbonyl (C=O) groups excluding carboxylic acids is 1. The first-order valence-corrected chi connectivity index (χ1v) is 6.05. The number of halogens is 4. The van der Waals surface area contributed by atoms with Crippen molar-refractivity contribution < 1.29 is 18.0 Å². The van der Waals surface area contributed by atoms with Crippen LogP contribution in [0.2, 0.25) is 0 Å². The average Bonchev–Trinajstić information content (AvgIpc) is 2.27. The molecule has 94 valence electrons. The summed E-state index contributed by atoms with van der Waals surface area (Å²) >= 11 is 3.08. The lowest BCUT2D eigenvalue weighted by Gasteiger charge is -2.21. The van der Waals surface area contributed by atoms with Gasteiger partial charge in [0.1, 0.15) is 5.82 Å². The van der Waals surface area contributed by atoms with E-state index in [-0.39, 0.29) is 12.1 Å². The van der Waals surface area contributed by atoms with Crippen molar-refractivity contribution >= 4 is 21.8 Å². The maximum Gasteiger partial charge on any atom is 0.255 e. The van der Waals surface area contributed by atoms with Crippen molar-refractivity contribution in [2.75, 3.05) is 18.4 Å². The Morgan fingerprint density at radius 2 is 2.12 bits per heavy atom. The molecule has 0 aliphatic carbocycles. The monoisotopic (exact) mass is 309 g/mol. The maximum absolute atomic E-state index is 12.9. The Hall–Kier alpha value is -1.04. The summed E-state index contributed by atoms with van der Waals surface area (Å²) in [5, 5.41) is 0.390. The van der Waals surface area contributed by atoms with Crippen molar-refractivity contribution in [3.05, 3.63) is 35.6 Å². The molecular formula is C11H11BrF3NO. The zero-order valence-corrected chi connectivity index (χ0v) is 10.5. The third kappa shape index (κ3) is 4.38. The van der Waals surface area contributed by atoms with E-state index in [1.165, 1.54) is 18.2 Å². The summed E-state index contributed by atoms with van der Waals surface area (Å²) in [5.41, 5.74) is 0.0756. The number of hydrogen-bond donors (Lipinski definition) is 0. The fraction of sp³-hybridized carbons (Fsp3) is 0.364. The molecule has 1 amide bonds. The van der Waals surface area contributed by atoms with E-state index in [1.54, 1.807) is 0 Å². The minimum absolute atomic E-state index is 0.0756. The number of hydrogen-bond acceptors (Lipinski definition) is 1. The molecule has 17 heavy (non-hydrogen) atoms. The molecule has 0 unspecified atom stereocenters. The van der Waals surface area contributed by atoms with Crippen LogP contribution in [0.1, 0.15) is 10.4 Å². The van der Waals surface area contributed by atoms with Crippen LogP contribution in [-0.4, -0.2) is 35.7 Å². The Labute approximate surface area is 106 Å². The summed E-state index contributed by atoms with van der Waals surface area (Å²) in [6.45, 7) is -0.499. The van der Waals surface area contributed by atoms with E-state index in [2.05, 4.69) is 15.9 Å². The molecule has 0 aliphatic rings. The molecule has 2 nitrogen and oxygen atoms in total. The van der Waals surface area contributed by atoms with Gasteiger partial charge < -0.3 is 4.90 Å². The lowest BCUT2D eigenvalue weighted by Crippen LogP contribution is -2.36. The topological polar surface area (TPSA) is 20.3 Å². The van der Waals surface area contributed by atoms with E-state index in [9.17, 15) is 18.0 Å². The largest absolute Gasteiger partial charge is 0.332 e. The van der Waals surface area contributed by atoms with Crippen molar-refractivity contribution in [2.45, 2.75) is 6.43 Å². The van der Waals surface area contributed by atoms with Gasteiger partial charge in [0, 0.05) is 17.4 Å². The first kappa shape index (κ1) is 14.0. The highest BCUT2D eigenvalue weighted by atomic mass is 79.9. The van der Waals surface area contributed by atoms with E-state index in [0.29, 0.717) is 5.33 Å². The van der Waals surface area contributed by atoms with Crippen molar-refractivity contribution in [3.8, 4) is 0 Å². The first-order valence-electron chi connectivity index (χ1n) is 4.93. The van der Waals surface area contributed by atoms with Crippen LogP contribution in [0.25, 0.3) is 0 Å². The van der Waals surface area contributed by atoms with Crippen LogP contribution in [0.15, 0.2) is 24.3 Å². The second kappa shape index (κ2) is 6.64. The molecule has 0 atom stereocenters. The zero-order valence-electron chi connectivity index (χ0n) is 8.88. The fourth-order valence-electron chi connectivity index (χ4n) is 1.35. The van der Waals surface area contributed by atoms with E-state index in [4.69, 9.17) is 0 Å². The molecule has 1 rings (SSSR count). The predicted octanol–water partition coefficient (Wildman–Crippen LogP) is 2.93. The summed E-state index contributed by atoms with van der Waals surface area (Å²) in [5.74, 6) is -1.16. The van der Waals surface area contributed by atoms with Gasteiger partial charge in [0.05, 0.1) is 6.54 Å². The zero-order chi connectivity index (χ0) is 12.8. The number of amides is 1. The van der Waals surface area contributed by atoms with Crippen molar-refractivity contribution in [1.82, 2.24) is 4.90 Å². The molecule has 0 aliphatic heterocycles. The fourth-order valence-corrected chi connectivity index (χ4v) is 1.78. The van der Waals surface area contributed by atoms with Gasteiger partial charge >= 0.3 is 0 Å². The van der Waals surface area contributed by atoms with Crippen molar-refractivity contribution in [2.24, 2.45) is 0 Å². The molecule has 0 spiro atoms. The highest BCUT2D eigenvalue weighted by molar-refractivity contribution is 9.09. The number of rotatable bonds is 5. The van der Waals surface area contributed by atoms with Gasteiger partial charge in [0.25, 0.3) is 12.3 Å². The number of benzene rings is 1. The molecule has 1 aromatic carbocycles. The highest BCUT2D eigenvalue weighted by Crippen LogP contribution is 2.09. The second-order valence-corrected chi connectivity index (χ2v) is 4.13. The van der Waals surface area contributed by atoms with Gasteiger partial charge in [-0.2, -0.15) is 0 Å². The van der Waals surface area contributed by atoms with Gasteiger partial charge in [-0.05, 0) is 18.2 Å². The second-order valence-electron chi connectivity index (χ2n) is 3.34. The third-order valence-corrected chi connectivity index (χ3v) is 2.43. The lowest BCUT2D eigenvalue weighted by molar-refractivity contribution is 0.0572. The predicted molar refractivity (Wildman–Crippen MR) is 62.1 cm³/mol. The molecule has 1 aromatic rings. The van der Waals surface area contributed by atoms with Crippen LogP contribution < -0.4 is 0 Å². The van der Waals surface area contributed by atoms with Gasteiger partial charge in [-0.15, -0.1) is 0 Å². The first-order chi connectivity index (χ1) is 8.04. The van der Waals surface area contributed by atoms with Crippen LogP contribution in [0.4, 0.5) is 13.2 Å². The number of alkyl halides is 3. The smallest absolute Gasteiger partial charge is 0.255 e. The van der Waals surface area contributed by atoms with Gasteiger partial charge in [-0.1, -0.05) is 22.0 Å². The van der Waals surface area contributed by atoms with Crippen LogP contribution in [0, 0.1) is 5.82 Å². The molecule has 0 N–H and O–H groups in total. The Balaban J connectivity index is 2.83. The van der Waals surface area contributed by atoms with Gasteiger partial charge in [-0.25, -0.2) is 13.2 Å². The minimum Gasteiger partial charge on any atom is -0.332 e. The van der Waals surface area contributed by atoms with Crippen molar-refractivity contribution in [3.63, 3.8) is 0 Å². The Morgan fingerprint density at radius 1 is 1.41 bits per heavy atom. The van der Waals surface area contributed by atoms with Gasteiger partial charge in [0.15, 0.2) is 0 Å². The SMILES string of the molecule is O=C(c1cccc(F)c1)N(CCBr)CC(F)F. The Morgan fingerprint density at radius 3 is 2.65 bits per heavy atom. The lowest BCUT2D eigenvalue weighted by atomic mass is 10.2. The molecule has 0 saturated carbocycles. The van der Waals surface area contributed by atoms with Crippen LogP contribution in [0.5, 0.6) is 0 Å². The highest BCUT2D eigenvalue weighted by Gasteiger charge is 2.19. The van der Waals surface area contributed by atoms with Crippen LogP contribution in [0.3, 0.4) is 0 Å². The number of carbonyl (C=O) groups is 1. The summed E-state index contributed by atoms with van der Waals surface area (Å²) in [6, 6.07) is 5.00. The van der Waals surface area contributed by atoms with E-state index in [1.807, 2.05) is 0 Å². The van der Waals surface area contributed by atoms with Crippen LogP contribution >= 0.6 is 15.9 Å². The molecule has 0 heterocycles. The molecule has 0 saturated heterocycles. The minimum atomic E-state index is -2.61. The quantitative estimate of drug-likeness (QED) is 0.766. The summed E-state index contributed by atoms with van der Waals surface area (Å²) in [6.07, 6.45) is -2.61. The maximum atomic E-state index is 12.9. The normalized spacial score (nSPS) is 10.6. The number of nitrogens with zero attached hydrogens (tertiary/aromatic N) is 1. The Kier molecular flexibility index (Phi) is 5.47. The summed E-state index contributed by atoms with van der Waals surface area (Å²) in [4.78, 5) is 12.8. The molecule has 0 aromatic heterocycles. The van der Waals surface area contributed by atoms with Gasteiger partial charge in [0.2, 0.25) is 0 Å². The summed E-state index contributed by atoms with van der Waals surface area (Å²) < 4.78 is 37.5. The average molecular weight is 310 g/mol. The molecule has 0 bridgehead atoms. The van der Waals surface area contributed by atoms with E-state index >= 15 is 0 Å². The van der Waals surface area contributed by atoms with E-state index in [0.717, 1.165) is 11.0 Å². The standard InChI is InChI=1S/C11H11BrF3NO/c12-4-5-16(7-10(14)15)11(17)8-2-1-3-9(13)6-8/h1-3,6,10H,4-5,7H2. The molecule has 6 heteroatoms. The van der Waals surface area contributed by atoms with Crippen LogP contribution in [-0.2, 0) is 0 Å². The van der Waals surface area contributed by atoms with E-state index < -0.39 is 24.7 Å². The Bertz CT molecular complexity index is 387. The molecule has 0 radical (unpaired) electrons. The van der Waals surface area contributed by atoms with Gasteiger partial charge in [-0.3, -0.25) is 4.79 Å². The third-order valence-electron chi connectivity index (χ3n) is 2.07. The summed E-state index contributed by atoms with van der Waals surface area (Å²) in [7, 11) is 0. The van der Waals surface area contributed by atoms with Crippen molar-refractivity contribution in [1.29, 1.82) is 0 Å². The molecule has 0 fully saturated rings.